The number of hydrogen-bond acceptors (Lipinski definition) is 7. The Kier molecular flexibility index (Phi) is 7.70. The molecule has 33 heavy (non-hydrogen) atoms. The van der Waals surface area contributed by atoms with Crippen LogP contribution in [-0.2, 0) is 9.53 Å². The molecule has 0 aliphatic rings. The minimum Gasteiger partial charge on any atom is -0.395 e. The fraction of sp³-hybridized carbons (Fsp3) is 0.182. The molecule has 1 aromatic heterocycles. The van der Waals surface area contributed by atoms with Crippen LogP contribution in [0.1, 0.15) is 31.8 Å². The third-order valence-electron chi connectivity index (χ3n) is 4.71. The summed E-state index contributed by atoms with van der Waals surface area (Å²) in [6.45, 7) is 0.448. The first-order chi connectivity index (χ1) is 15.8. The van der Waals surface area contributed by atoms with E-state index >= 15 is 0 Å². The lowest BCUT2D eigenvalue weighted by Gasteiger charge is -2.31. The van der Waals surface area contributed by atoms with Gasteiger partial charge in [-0.3, -0.25) is 19.3 Å². The van der Waals surface area contributed by atoms with E-state index in [4.69, 9.17) is 16.2 Å². The van der Waals surface area contributed by atoms with Gasteiger partial charge in [-0.05, 0) is 41.4 Å². The molecule has 3 rings (SSSR count). The molecule has 0 saturated heterocycles. The second kappa shape index (κ2) is 10.7. The van der Waals surface area contributed by atoms with E-state index in [1.807, 2.05) is 0 Å². The number of primary amides is 1. The zero-order valence-electron chi connectivity index (χ0n) is 17.7. The number of benzene rings is 2. The van der Waals surface area contributed by atoms with Gasteiger partial charge in [0.15, 0.2) is 5.69 Å². The molecule has 11 heteroatoms. The number of hydrogen-bond donors (Lipinski definition) is 3. The average molecular weight is 472 g/mol. The number of para-hydroxylation sites is 1. The largest absolute Gasteiger partial charge is 0.395 e. The Hall–Kier alpha value is -3.83. The number of halogens is 1. The van der Waals surface area contributed by atoms with Crippen LogP contribution < -0.4 is 21.7 Å². The van der Waals surface area contributed by atoms with E-state index in [0.29, 0.717) is 22.8 Å². The van der Waals surface area contributed by atoms with Gasteiger partial charge >= 0.3 is 0 Å². The Morgan fingerprint density at radius 2 is 1.82 bits per heavy atom. The summed E-state index contributed by atoms with van der Waals surface area (Å²) in [7, 11) is 1.49. The molecular weight excluding hydrogens is 449 g/mol. The van der Waals surface area contributed by atoms with Gasteiger partial charge in [-0.2, -0.15) is 4.37 Å². The monoisotopic (exact) mass is 471 g/mol. The Labute approximate surface area is 193 Å². The molecule has 3 aromatic rings. The summed E-state index contributed by atoms with van der Waals surface area (Å²) >= 11 is 0.705. The number of anilines is 2. The highest BCUT2D eigenvalue weighted by Gasteiger charge is 2.35. The number of ether oxygens (including phenoxy) is 1. The molecule has 1 heterocycles. The van der Waals surface area contributed by atoms with Crippen molar-refractivity contribution in [3.8, 4) is 0 Å². The highest BCUT2D eigenvalue weighted by Crippen LogP contribution is 2.33. The van der Waals surface area contributed by atoms with Crippen LogP contribution in [0.4, 0.5) is 15.8 Å². The normalized spacial score (nSPS) is 11.6. The number of carbonyl (C=O) groups excluding carboxylic acids is 3. The molecule has 1 unspecified atom stereocenters. The molecule has 0 radical (unpaired) electrons. The zero-order valence-corrected chi connectivity index (χ0v) is 18.5. The van der Waals surface area contributed by atoms with Gasteiger partial charge in [-0.15, -0.1) is 0 Å². The summed E-state index contributed by atoms with van der Waals surface area (Å²) in [5, 5.41) is 2.72. The van der Waals surface area contributed by atoms with Crippen molar-refractivity contribution in [2.24, 2.45) is 5.73 Å². The molecule has 0 spiro atoms. The van der Waals surface area contributed by atoms with Crippen molar-refractivity contribution < 1.29 is 23.5 Å². The summed E-state index contributed by atoms with van der Waals surface area (Å²) in [6, 6.07) is 12.5. The van der Waals surface area contributed by atoms with E-state index in [9.17, 15) is 18.8 Å². The number of methoxy groups -OCH3 is 1. The molecule has 0 saturated carbocycles. The molecule has 9 nitrogen and oxygen atoms in total. The van der Waals surface area contributed by atoms with Gasteiger partial charge in [-0.1, -0.05) is 30.3 Å². The van der Waals surface area contributed by atoms with E-state index in [1.165, 1.54) is 36.3 Å². The van der Waals surface area contributed by atoms with Crippen molar-refractivity contribution in [2.45, 2.75) is 6.04 Å². The van der Waals surface area contributed by atoms with Crippen LogP contribution in [0.3, 0.4) is 0 Å². The third kappa shape index (κ3) is 5.33. The fourth-order valence-corrected chi connectivity index (χ4v) is 3.89. The number of nitrogens with zero attached hydrogens (tertiary/aromatic N) is 2. The van der Waals surface area contributed by atoms with Crippen molar-refractivity contribution in [1.82, 2.24) is 9.69 Å². The SMILES string of the molecule is COCCNC(=O)C(c1ccc(F)cc1)N(C(=O)c1snc(C(N)=O)c1N)c1ccccc1. The molecule has 3 amide bonds. The molecule has 5 N–H and O–H groups in total. The van der Waals surface area contributed by atoms with Crippen LogP contribution in [0.25, 0.3) is 0 Å². The topological polar surface area (TPSA) is 141 Å². The number of nitrogens with two attached hydrogens (primary N) is 2. The van der Waals surface area contributed by atoms with Crippen molar-refractivity contribution in [3.63, 3.8) is 0 Å². The minimum absolute atomic E-state index is 0.0514. The molecule has 0 fully saturated rings. The lowest BCUT2D eigenvalue weighted by Crippen LogP contribution is -2.44. The second-order valence-corrected chi connectivity index (χ2v) is 7.66. The molecule has 0 bridgehead atoms. The van der Waals surface area contributed by atoms with Gasteiger partial charge in [-0.25, -0.2) is 4.39 Å². The number of nitrogens with one attached hydrogen (secondary N) is 1. The Morgan fingerprint density at radius 3 is 2.39 bits per heavy atom. The Morgan fingerprint density at radius 1 is 1.15 bits per heavy atom. The molecular formula is C22H22FN5O4S. The summed E-state index contributed by atoms with van der Waals surface area (Å²) in [5.74, 6) is -2.55. The predicted molar refractivity (Wildman–Crippen MR) is 122 cm³/mol. The highest BCUT2D eigenvalue weighted by atomic mass is 32.1. The molecule has 1 atom stereocenters. The van der Waals surface area contributed by atoms with Crippen LogP contribution in [0.15, 0.2) is 54.6 Å². The summed E-state index contributed by atoms with van der Waals surface area (Å²) in [5.41, 5.74) is 11.6. The van der Waals surface area contributed by atoms with E-state index in [0.717, 1.165) is 0 Å². The van der Waals surface area contributed by atoms with Gasteiger partial charge < -0.3 is 21.5 Å². The van der Waals surface area contributed by atoms with Crippen molar-refractivity contribution >= 4 is 40.6 Å². The molecule has 172 valence electrons. The molecule has 2 aromatic carbocycles. The summed E-state index contributed by atoms with van der Waals surface area (Å²) in [6.07, 6.45) is 0. The first kappa shape index (κ1) is 23.8. The highest BCUT2D eigenvalue weighted by molar-refractivity contribution is 7.09. The van der Waals surface area contributed by atoms with Crippen molar-refractivity contribution in [1.29, 1.82) is 0 Å². The second-order valence-electron chi connectivity index (χ2n) is 6.89. The van der Waals surface area contributed by atoms with E-state index in [2.05, 4.69) is 9.69 Å². The first-order valence-corrected chi connectivity index (χ1v) is 10.6. The van der Waals surface area contributed by atoms with Crippen molar-refractivity contribution in [3.05, 3.63) is 76.5 Å². The standard InChI is InChI=1S/C22H22FN5O4S/c1-32-12-11-26-21(30)18(13-7-9-14(23)10-8-13)28(15-5-3-2-4-6-15)22(31)19-16(24)17(20(25)29)27-33-19/h2-10,18H,11-12,24H2,1H3,(H2,25,29)(H,26,30). The maximum absolute atomic E-state index is 13.7. The van der Waals surface area contributed by atoms with Crippen LogP contribution in [0.5, 0.6) is 0 Å². The lowest BCUT2D eigenvalue weighted by atomic mass is 10.0. The number of rotatable bonds is 9. The quantitative estimate of drug-likeness (QED) is 0.408. The van der Waals surface area contributed by atoms with Gasteiger partial charge in [0.1, 0.15) is 16.7 Å². The summed E-state index contributed by atoms with van der Waals surface area (Å²) < 4.78 is 22.5. The van der Waals surface area contributed by atoms with Gasteiger partial charge in [0.05, 0.1) is 12.3 Å². The Bertz CT molecular complexity index is 1140. The van der Waals surface area contributed by atoms with Gasteiger partial charge in [0.25, 0.3) is 11.8 Å². The van der Waals surface area contributed by atoms with Crippen LogP contribution in [-0.4, -0.2) is 42.4 Å². The van der Waals surface area contributed by atoms with Crippen LogP contribution in [0, 0.1) is 5.82 Å². The van der Waals surface area contributed by atoms with Crippen LogP contribution >= 0.6 is 11.5 Å². The van der Waals surface area contributed by atoms with Crippen molar-refractivity contribution in [2.75, 3.05) is 30.9 Å². The average Bonchev–Trinajstić information content (AvgIpc) is 3.20. The summed E-state index contributed by atoms with van der Waals surface area (Å²) in [4.78, 5) is 39.7. The first-order valence-electron chi connectivity index (χ1n) is 9.80. The third-order valence-corrected chi connectivity index (χ3v) is 5.56. The molecule has 0 aliphatic heterocycles. The van der Waals surface area contributed by atoms with E-state index < -0.39 is 29.6 Å². The zero-order chi connectivity index (χ0) is 24.0. The van der Waals surface area contributed by atoms with Gasteiger partial charge in [0, 0.05) is 19.3 Å². The lowest BCUT2D eigenvalue weighted by molar-refractivity contribution is -0.122. The van der Waals surface area contributed by atoms with E-state index in [1.54, 1.807) is 30.3 Å². The van der Waals surface area contributed by atoms with Gasteiger partial charge in [0.2, 0.25) is 5.91 Å². The number of amides is 3. The maximum Gasteiger partial charge on any atom is 0.273 e. The minimum atomic E-state index is -1.18. The smallest absolute Gasteiger partial charge is 0.273 e. The fourth-order valence-electron chi connectivity index (χ4n) is 3.15. The van der Waals surface area contributed by atoms with E-state index in [-0.39, 0.29) is 29.4 Å². The maximum atomic E-state index is 13.7. The number of carbonyl (C=O) groups is 3. The Balaban J connectivity index is 2.14. The number of aromatic nitrogens is 1. The number of nitrogen functional groups attached to an aromatic ring is 1. The van der Waals surface area contributed by atoms with Crippen LogP contribution in [0.2, 0.25) is 0 Å². The molecule has 0 aliphatic carbocycles. The predicted octanol–water partition coefficient (Wildman–Crippen LogP) is 2.11.